The van der Waals surface area contributed by atoms with Crippen LogP contribution in [0.5, 0.6) is 0 Å². The van der Waals surface area contributed by atoms with Crippen molar-refractivity contribution < 1.29 is 24.2 Å². The molecule has 0 spiro atoms. The molecule has 6 aromatic rings. The normalized spacial score (nSPS) is 11.5. The van der Waals surface area contributed by atoms with Crippen LogP contribution < -0.4 is 0 Å². The molecule has 0 amide bonds. The number of fused-ring (bicyclic) bond motifs is 3. The van der Waals surface area contributed by atoms with Gasteiger partial charge in [-0.05, 0) is 58.9 Å². The first kappa shape index (κ1) is 49.1. The molecule has 3 heteroatoms. The van der Waals surface area contributed by atoms with Crippen LogP contribution in [0.3, 0.4) is 0 Å². The van der Waals surface area contributed by atoms with Gasteiger partial charge in [-0.1, -0.05) is 131 Å². The maximum absolute atomic E-state index is 3.93. The zero-order valence-electron chi connectivity index (χ0n) is 35.0. The Balaban J connectivity index is 0.000000415. The summed E-state index contributed by atoms with van der Waals surface area (Å²) in [6.45, 7) is 22.1. The van der Waals surface area contributed by atoms with Crippen molar-refractivity contribution in [2.75, 3.05) is 0 Å². The van der Waals surface area contributed by atoms with E-state index in [-0.39, 0.29) is 35.6 Å². The van der Waals surface area contributed by atoms with Crippen LogP contribution in [0.15, 0.2) is 146 Å². The quantitative estimate of drug-likeness (QED) is 0.152. The SMILES string of the molecule is Cc1ccccc1-c1[c-]c2c(cc1C(C)(C)C)-c1cc(C(C)(C)C)c(-c3ccccc3C)cc1C2.Cl.Cl.[C-]1=CC=CC1.[CH2-]c1ccccc1.[CH2]=[Zr].[c-]1ccccc1. The van der Waals surface area contributed by atoms with E-state index in [1.807, 2.05) is 72.8 Å². The molecule has 0 nitrogen and oxygen atoms in total. The maximum atomic E-state index is 3.93. The predicted octanol–water partition coefficient (Wildman–Crippen LogP) is 15.1. The van der Waals surface area contributed by atoms with Gasteiger partial charge in [0.05, 0.1) is 0 Å². The molecule has 296 valence electrons. The zero-order chi connectivity index (χ0) is 40.0. The summed E-state index contributed by atoms with van der Waals surface area (Å²) in [6, 6.07) is 51.3. The fourth-order valence-corrected chi connectivity index (χ4v) is 6.74. The third-order valence-corrected chi connectivity index (χ3v) is 9.56. The third kappa shape index (κ3) is 13.8. The van der Waals surface area contributed by atoms with Crippen molar-refractivity contribution in [3.8, 4) is 33.4 Å². The Bertz CT molecular complexity index is 2030. The zero-order valence-corrected chi connectivity index (χ0v) is 39.1. The van der Waals surface area contributed by atoms with Crippen LogP contribution in [-0.2, 0) is 41.5 Å². The van der Waals surface area contributed by atoms with Gasteiger partial charge in [0.1, 0.15) is 0 Å². The van der Waals surface area contributed by atoms with Gasteiger partial charge in [-0.2, -0.15) is 67.1 Å². The Kier molecular flexibility index (Phi) is 20.2. The van der Waals surface area contributed by atoms with Crippen molar-refractivity contribution in [1.29, 1.82) is 0 Å². The van der Waals surface area contributed by atoms with Gasteiger partial charge in [-0.15, -0.1) is 72.2 Å². The van der Waals surface area contributed by atoms with Crippen molar-refractivity contribution in [1.82, 2.24) is 0 Å². The van der Waals surface area contributed by atoms with Crippen LogP contribution in [0.2, 0.25) is 0 Å². The van der Waals surface area contributed by atoms with Crippen molar-refractivity contribution >= 4 is 29.0 Å². The molecule has 0 N–H and O–H groups in total. The molecule has 0 bridgehead atoms. The van der Waals surface area contributed by atoms with E-state index >= 15 is 0 Å². The van der Waals surface area contributed by atoms with Gasteiger partial charge < -0.3 is 0 Å². The fraction of sp³-hybridized carbons (Fsp3) is 0.222. The minimum atomic E-state index is 0. The second-order valence-corrected chi connectivity index (χ2v) is 15.9. The molecule has 0 radical (unpaired) electrons. The van der Waals surface area contributed by atoms with Crippen molar-refractivity contribution in [3.63, 3.8) is 0 Å². The molecule has 0 unspecified atom stereocenters. The first-order valence-electron chi connectivity index (χ1n) is 19.1. The molecule has 8 rings (SSSR count). The van der Waals surface area contributed by atoms with Crippen LogP contribution >= 0.6 is 24.8 Å². The second-order valence-electron chi connectivity index (χ2n) is 15.9. The minimum absolute atomic E-state index is 0. The molecule has 6 aromatic carbocycles. The van der Waals surface area contributed by atoms with Crippen molar-refractivity contribution in [2.24, 2.45) is 0 Å². The Hall–Kier alpha value is -4.00. The summed E-state index contributed by atoms with van der Waals surface area (Å²) in [7, 11) is 0. The van der Waals surface area contributed by atoms with Crippen molar-refractivity contribution in [3.05, 3.63) is 210 Å². The summed E-state index contributed by atoms with van der Waals surface area (Å²) in [4.78, 5) is 0. The van der Waals surface area contributed by atoms with Crippen LogP contribution in [0, 0.1) is 39.0 Å². The second kappa shape index (κ2) is 23.4. The molecule has 57 heavy (non-hydrogen) atoms. The number of allylic oxidation sites excluding steroid dienone is 4. The molecule has 0 fully saturated rings. The number of benzene rings is 6. The van der Waals surface area contributed by atoms with Crippen LogP contribution in [0.25, 0.3) is 33.4 Å². The summed E-state index contributed by atoms with van der Waals surface area (Å²) >= 11 is 1.30. The molecular formula is C54H58Cl2Zr-4. The minimum Gasteiger partial charge on any atom is -0.184 e. The average molecular weight is 869 g/mol. The summed E-state index contributed by atoms with van der Waals surface area (Å²) in [5.41, 5.74) is 17.4. The number of rotatable bonds is 2. The van der Waals surface area contributed by atoms with E-state index in [2.05, 4.69) is 158 Å². The van der Waals surface area contributed by atoms with Gasteiger partial charge in [0.25, 0.3) is 0 Å². The Labute approximate surface area is 372 Å². The number of hydrogen-bond acceptors (Lipinski definition) is 0. The number of hydrogen-bond donors (Lipinski definition) is 0. The summed E-state index contributed by atoms with van der Waals surface area (Å²) in [5, 5.41) is 0. The third-order valence-electron chi connectivity index (χ3n) is 9.56. The largest absolute Gasteiger partial charge is 0.184 e. The monoisotopic (exact) mass is 866 g/mol. The van der Waals surface area contributed by atoms with E-state index in [0.29, 0.717) is 0 Å². The van der Waals surface area contributed by atoms with Gasteiger partial charge in [0, 0.05) is 0 Å². The standard InChI is InChI=1S/C35H37.C7H7.C6H5.C5H5.CH2.2ClH.Zr/c1-22-13-9-11-15-26(22)30-18-24-17-25-19-31(27-16-12-10-14-23(27)2)33(35(6,7)8)21-29(25)28(24)20-32(30)34(3,4)5;1-7-5-3-2-4-6-7;1-2-4-6-5-3-1;1-2-4-5-3-1;;;;/h9-16,18,20-21H,17H2,1-8H3;2-6H,1H2;1-5H;1-3H,4H2;1H2;2*1H;/q4*-1;;;;. The molecule has 0 saturated carbocycles. The van der Waals surface area contributed by atoms with Gasteiger partial charge in [-0.3, -0.25) is 6.08 Å². The molecule has 0 aromatic heterocycles. The molecule has 2 aliphatic rings. The van der Waals surface area contributed by atoms with Crippen molar-refractivity contribution in [2.45, 2.75) is 79.1 Å². The molecule has 2 aliphatic carbocycles. The molecule has 0 aliphatic heterocycles. The van der Waals surface area contributed by atoms with Gasteiger partial charge >= 0.3 is 28.4 Å². The molecule has 0 heterocycles. The summed E-state index contributed by atoms with van der Waals surface area (Å²) in [5.74, 6) is 0. The summed E-state index contributed by atoms with van der Waals surface area (Å²) in [6.07, 6.45) is 10.9. The van der Waals surface area contributed by atoms with E-state index in [9.17, 15) is 0 Å². The Morgan fingerprint density at radius 2 is 1.12 bits per heavy atom. The molecule has 0 saturated heterocycles. The maximum Gasteiger partial charge on any atom is -0.171 e. The fourth-order valence-electron chi connectivity index (χ4n) is 6.74. The van der Waals surface area contributed by atoms with Gasteiger partial charge in [0.15, 0.2) is 0 Å². The number of halogens is 2. The topological polar surface area (TPSA) is 0 Å². The van der Waals surface area contributed by atoms with Crippen LogP contribution in [0.4, 0.5) is 0 Å². The van der Waals surface area contributed by atoms with E-state index in [4.69, 9.17) is 0 Å². The number of aryl methyl sites for hydroxylation is 2. The Morgan fingerprint density at radius 3 is 1.54 bits per heavy atom. The average Bonchev–Trinajstić information content (AvgIpc) is 3.88. The molecule has 0 atom stereocenters. The first-order chi connectivity index (χ1) is 26.3. The molecular weight excluding hydrogens is 811 g/mol. The van der Waals surface area contributed by atoms with Gasteiger partial charge in [-0.25, -0.2) is 12.2 Å². The smallest absolute Gasteiger partial charge is 0.171 e. The Morgan fingerprint density at radius 1 is 0.596 bits per heavy atom. The van der Waals surface area contributed by atoms with Crippen LogP contribution in [0.1, 0.15) is 86.9 Å². The van der Waals surface area contributed by atoms with E-state index < -0.39 is 0 Å². The van der Waals surface area contributed by atoms with Crippen LogP contribution in [-0.4, -0.2) is 4.21 Å². The van der Waals surface area contributed by atoms with E-state index in [1.54, 1.807) is 0 Å². The van der Waals surface area contributed by atoms with E-state index in [1.165, 1.54) is 91.0 Å². The first-order valence-corrected chi connectivity index (χ1v) is 20.8. The van der Waals surface area contributed by atoms with Gasteiger partial charge in [0.2, 0.25) is 0 Å². The predicted molar refractivity (Wildman–Crippen MR) is 251 cm³/mol. The van der Waals surface area contributed by atoms with E-state index in [0.717, 1.165) is 18.4 Å². The summed E-state index contributed by atoms with van der Waals surface area (Å²) < 4.78 is 3.34.